The SMILES string of the molecule is O=C(Nc1ccc(S(=O)(=O)Nc2nccs2)cc1)c1nc(SCc2ccc(F)cc2)ncc1Cl. The zero-order valence-corrected chi connectivity index (χ0v) is 20.3. The number of benzene rings is 2. The van der Waals surface area contributed by atoms with Crippen LogP contribution in [0.1, 0.15) is 16.1 Å². The molecule has 0 unspecified atom stereocenters. The van der Waals surface area contributed by atoms with Crippen LogP contribution < -0.4 is 10.0 Å². The van der Waals surface area contributed by atoms with Gasteiger partial charge in [-0.1, -0.05) is 35.5 Å². The fraction of sp³-hybridized carbons (Fsp3) is 0.0476. The van der Waals surface area contributed by atoms with E-state index in [1.807, 2.05) is 0 Å². The fourth-order valence-electron chi connectivity index (χ4n) is 2.66. The lowest BCUT2D eigenvalue weighted by Crippen LogP contribution is -2.16. The number of carbonyl (C=O) groups excluding carboxylic acids is 1. The van der Waals surface area contributed by atoms with Gasteiger partial charge in [-0.2, -0.15) is 0 Å². The molecule has 4 rings (SSSR count). The Bertz CT molecular complexity index is 1400. The van der Waals surface area contributed by atoms with Gasteiger partial charge in [-0.25, -0.2) is 27.8 Å². The van der Waals surface area contributed by atoms with E-state index in [-0.39, 0.29) is 26.6 Å². The third-order valence-electron chi connectivity index (χ3n) is 4.29. The van der Waals surface area contributed by atoms with Crippen LogP contribution in [-0.2, 0) is 15.8 Å². The zero-order valence-electron chi connectivity index (χ0n) is 17.1. The minimum Gasteiger partial charge on any atom is -0.321 e. The highest BCUT2D eigenvalue weighted by Crippen LogP contribution is 2.24. The third-order valence-corrected chi connectivity index (χ3v) is 7.68. The fourth-order valence-corrected chi connectivity index (χ4v) is 5.40. The van der Waals surface area contributed by atoms with Crippen molar-refractivity contribution in [3.05, 3.63) is 88.4 Å². The molecule has 0 spiro atoms. The first-order valence-electron chi connectivity index (χ1n) is 9.54. The Kier molecular flexibility index (Phi) is 7.41. The van der Waals surface area contributed by atoms with E-state index in [9.17, 15) is 17.6 Å². The molecule has 1 amide bonds. The molecule has 2 N–H and O–H groups in total. The maximum Gasteiger partial charge on any atom is 0.275 e. The Morgan fingerprint density at radius 1 is 1.09 bits per heavy atom. The largest absolute Gasteiger partial charge is 0.321 e. The van der Waals surface area contributed by atoms with Crippen LogP contribution in [0.3, 0.4) is 0 Å². The first kappa shape index (κ1) is 24.1. The van der Waals surface area contributed by atoms with Crippen molar-refractivity contribution in [1.82, 2.24) is 15.0 Å². The van der Waals surface area contributed by atoms with Gasteiger partial charge in [0, 0.05) is 23.0 Å². The first-order valence-corrected chi connectivity index (χ1v) is 13.3. The molecule has 0 aliphatic rings. The third kappa shape index (κ3) is 6.08. The molecule has 4 aromatic rings. The summed E-state index contributed by atoms with van der Waals surface area (Å²) in [5, 5.41) is 4.94. The van der Waals surface area contributed by atoms with Crippen LogP contribution in [0.4, 0.5) is 15.2 Å². The van der Waals surface area contributed by atoms with Crippen LogP contribution in [0.5, 0.6) is 0 Å². The quantitative estimate of drug-likeness (QED) is 0.239. The number of hydrogen-bond acceptors (Lipinski definition) is 8. The summed E-state index contributed by atoms with van der Waals surface area (Å²) in [5.41, 5.74) is 1.20. The topological polar surface area (TPSA) is 114 Å². The van der Waals surface area contributed by atoms with Gasteiger partial charge in [-0.15, -0.1) is 11.3 Å². The molecule has 8 nitrogen and oxygen atoms in total. The van der Waals surface area contributed by atoms with E-state index >= 15 is 0 Å². The standard InChI is InChI=1S/C21H15ClFN5O3S3/c22-17-11-25-20(33-12-13-1-3-14(23)4-2-13)27-18(17)19(29)26-15-5-7-16(8-6-15)34(30,31)28-21-24-9-10-32-21/h1-11H,12H2,(H,24,28)(H,26,29). The molecule has 2 aromatic heterocycles. The number of hydrogen-bond donors (Lipinski definition) is 2. The monoisotopic (exact) mass is 535 g/mol. The average Bonchev–Trinajstić information content (AvgIpc) is 3.32. The van der Waals surface area contributed by atoms with Crippen molar-refractivity contribution in [2.45, 2.75) is 15.8 Å². The minimum atomic E-state index is -3.80. The highest BCUT2D eigenvalue weighted by Gasteiger charge is 2.18. The van der Waals surface area contributed by atoms with Crippen molar-refractivity contribution in [3.8, 4) is 0 Å². The van der Waals surface area contributed by atoms with Gasteiger partial charge in [0.05, 0.1) is 16.1 Å². The normalized spacial score (nSPS) is 11.2. The molecule has 0 radical (unpaired) electrons. The smallest absolute Gasteiger partial charge is 0.275 e. The predicted octanol–water partition coefficient (Wildman–Crippen LogP) is 5.07. The van der Waals surface area contributed by atoms with Gasteiger partial charge in [0.25, 0.3) is 15.9 Å². The van der Waals surface area contributed by atoms with Gasteiger partial charge in [0.2, 0.25) is 0 Å². The molecule has 0 bridgehead atoms. The van der Waals surface area contributed by atoms with E-state index in [1.54, 1.807) is 17.5 Å². The van der Waals surface area contributed by atoms with Crippen molar-refractivity contribution < 1.29 is 17.6 Å². The lowest BCUT2D eigenvalue weighted by Gasteiger charge is -2.09. The van der Waals surface area contributed by atoms with Crippen LogP contribution in [-0.4, -0.2) is 29.3 Å². The van der Waals surface area contributed by atoms with Gasteiger partial charge in [-0.3, -0.25) is 9.52 Å². The van der Waals surface area contributed by atoms with Gasteiger partial charge in [-0.05, 0) is 42.0 Å². The number of rotatable bonds is 8. The van der Waals surface area contributed by atoms with Gasteiger partial charge in [0.15, 0.2) is 16.0 Å². The van der Waals surface area contributed by atoms with Gasteiger partial charge >= 0.3 is 0 Å². The van der Waals surface area contributed by atoms with E-state index in [0.717, 1.165) is 16.9 Å². The molecule has 0 atom stereocenters. The molecule has 2 aromatic carbocycles. The number of carbonyl (C=O) groups is 1. The van der Waals surface area contributed by atoms with E-state index < -0.39 is 15.9 Å². The molecule has 2 heterocycles. The summed E-state index contributed by atoms with van der Waals surface area (Å²) in [5.74, 6) is -0.419. The molecule has 0 aliphatic carbocycles. The number of nitrogens with zero attached hydrogens (tertiary/aromatic N) is 3. The summed E-state index contributed by atoms with van der Waals surface area (Å²) >= 11 is 8.55. The summed E-state index contributed by atoms with van der Waals surface area (Å²) in [6, 6.07) is 11.7. The second-order valence-corrected chi connectivity index (χ2v) is 10.6. The Hall–Kier alpha value is -3.06. The summed E-state index contributed by atoms with van der Waals surface area (Å²) in [7, 11) is -3.80. The number of thiazole rings is 1. The van der Waals surface area contributed by atoms with Crippen LogP contribution in [0.2, 0.25) is 5.02 Å². The summed E-state index contributed by atoms with van der Waals surface area (Å²) in [6.45, 7) is 0. The van der Waals surface area contributed by atoms with Crippen LogP contribution in [0, 0.1) is 5.82 Å². The molecule has 34 heavy (non-hydrogen) atoms. The van der Waals surface area contributed by atoms with Gasteiger partial charge < -0.3 is 5.32 Å². The Morgan fingerprint density at radius 2 is 1.82 bits per heavy atom. The maximum atomic E-state index is 13.0. The number of thioether (sulfide) groups is 1. The Labute approximate surface area is 207 Å². The number of anilines is 2. The predicted molar refractivity (Wildman–Crippen MR) is 130 cm³/mol. The summed E-state index contributed by atoms with van der Waals surface area (Å²) in [6.07, 6.45) is 2.82. The van der Waals surface area contributed by atoms with Crippen molar-refractivity contribution in [1.29, 1.82) is 0 Å². The molecule has 0 saturated carbocycles. The number of halogens is 2. The maximum absolute atomic E-state index is 13.0. The second kappa shape index (κ2) is 10.5. The molecular formula is C21H15ClFN5O3S3. The van der Waals surface area contributed by atoms with E-state index in [2.05, 4.69) is 25.0 Å². The summed E-state index contributed by atoms with van der Waals surface area (Å²) < 4.78 is 40.3. The highest BCUT2D eigenvalue weighted by molar-refractivity contribution is 7.98. The van der Waals surface area contributed by atoms with Gasteiger partial charge in [0.1, 0.15) is 5.82 Å². The van der Waals surface area contributed by atoms with Crippen molar-refractivity contribution >= 4 is 61.4 Å². The van der Waals surface area contributed by atoms with Crippen molar-refractivity contribution in [3.63, 3.8) is 0 Å². The second-order valence-electron chi connectivity index (χ2n) is 6.69. The summed E-state index contributed by atoms with van der Waals surface area (Å²) in [4.78, 5) is 25.0. The average molecular weight is 536 g/mol. The number of nitrogens with one attached hydrogen (secondary N) is 2. The minimum absolute atomic E-state index is 0.0141. The Morgan fingerprint density at radius 3 is 2.50 bits per heavy atom. The number of aromatic nitrogens is 3. The first-order chi connectivity index (χ1) is 16.3. The molecule has 0 fully saturated rings. The Balaban J connectivity index is 1.42. The molecular weight excluding hydrogens is 521 g/mol. The van der Waals surface area contributed by atoms with E-state index in [0.29, 0.717) is 16.6 Å². The van der Waals surface area contributed by atoms with E-state index in [4.69, 9.17) is 11.6 Å². The molecule has 174 valence electrons. The van der Waals surface area contributed by atoms with Crippen molar-refractivity contribution in [2.75, 3.05) is 10.0 Å². The van der Waals surface area contributed by atoms with Crippen LogP contribution in [0.25, 0.3) is 0 Å². The highest BCUT2D eigenvalue weighted by atomic mass is 35.5. The van der Waals surface area contributed by atoms with Crippen LogP contribution >= 0.6 is 34.7 Å². The zero-order chi connectivity index (χ0) is 24.1. The lowest BCUT2D eigenvalue weighted by atomic mass is 10.2. The van der Waals surface area contributed by atoms with E-state index in [1.165, 1.54) is 60.6 Å². The number of amides is 1. The molecule has 0 saturated heterocycles. The van der Waals surface area contributed by atoms with Crippen LogP contribution in [0.15, 0.2) is 76.4 Å². The van der Waals surface area contributed by atoms with Crippen molar-refractivity contribution in [2.24, 2.45) is 0 Å². The number of sulfonamides is 1. The lowest BCUT2D eigenvalue weighted by molar-refractivity contribution is 0.102. The molecule has 13 heteroatoms. The molecule has 0 aliphatic heterocycles.